The highest BCUT2D eigenvalue weighted by atomic mass is 16.1. The van der Waals surface area contributed by atoms with Crippen LogP contribution in [0, 0.1) is 0 Å². The molecule has 0 spiro atoms. The van der Waals surface area contributed by atoms with Crippen molar-refractivity contribution in [3.05, 3.63) is 47.4 Å². The summed E-state index contributed by atoms with van der Waals surface area (Å²) >= 11 is 0. The van der Waals surface area contributed by atoms with E-state index in [1.54, 1.807) is 6.07 Å². The van der Waals surface area contributed by atoms with Crippen LogP contribution >= 0.6 is 0 Å². The van der Waals surface area contributed by atoms with Crippen molar-refractivity contribution in [1.82, 2.24) is 15.3 Å². The molecule has 2 aromatic rings. The number of hydrogen-bond acceptors (Lipinski definition) is 4. The molecule has 2 N–H and O–H groups in total. The smallest absolute Gasteiger partial charge is 0.270 e. The second-order valence-electron chi connectivity index (χ2n) is 7.16. The fourth-order valence-corrected chi connectivity index (χ4v) is 2.71. The van der Waals surface area contributed by atoms with Crippen LogP contribution in [0.5, 0.6) is 0 Å². The molecule has 134 valence electrons. The van der Waals surface area contributed by atoms with Gasteiger partial charge in [-0.05, 0) is 36.8 Å². The number of anilines is 2. The Kier molecular flexibility index (Phi) is 6.12. The summed E-state index contributed by atoms with van der Waals surface area (Å²) < 4.78 is 0. The van der Waals surface area contributed by atoms with Gasteiger partial charge in [0.1, 0.15) is 17.8 Å². The van der Waals surface area contributed by atoms with Crippen molar-refractivity contribution in [2.75, 3.05) is 5.32 Å². The van der Waals surface area contributed by atoms with Crippen molar-refractivity contribution in [1.29, 1.82) is 0 Å². The molecule has 0 saturated carbocycles. The highest BCUT2D eigenvalue weighted by molar-refractivity contribution is 5.93. The minimum atomic E-state index is -0.193. The average molecular weight is 340 g/mol. The number of benzene rings is 1. The summed E-state index contributed by atoms with van der Waals surface area (Å²) in [5.41, 5.74) is 3.90. The van der Waals surface area contributed by atoms with Crippen molar-refractivity contribution in [2.45, 2.75) is 59.4 Å². The molecule has 1 aromatic carbocycles. The van der Waals surface area contributed by atoms with Crippen molar-refractivity contribution >= 4 is 17.4 Å². The minimum Gasteiger partial charge on any atom is -0.349 e. The number of amides is 1. The maximum atomic E-state index is 12.2. The Bertz CT molecular complexity index is 712. The minimum absolute atomic E-state index is 0.0630. The first kappa shape index (κ1) is 18.9. The van der Waals surface area contributed by atoms with Gasteiger partial charge in [-0.15, -0.1) is 0 Å². The van der Waals surface area contributed by atoms with Crippen LogP contribution in [0.25, 0.3) is 0 Å². The molecule has 0 atom stereocenters. The van der Waals surface area contributed by atoms with Gasteiger partial charge in [0.15, 0.2) is 0 Å². The molecule has 0 aliphatic heterocycles. The Morgan fingerprint density at radius 1 is 0.960 bits per heavy atom. The van der Waals surface area contributed by atoms with E-state index >= 15 is 0 Å². The zero-order chi connectivity index (χ0) is 18.6. The van der Waals surface area contributed by atoms with Gasteiger partial charge in [-0.25, -0.2) is 9.97 Å². The fourth-order valence-electron chi connectivity index (χ4n) is 2.71. The standard InChI is InChI=1S/C20H28N4O/c1-12(2)15-8-7-9-16(13(3)4)19(15)24-18-10-17(21-11-22-18)20(25)23-14(5)6/h7-14H,1-6H3,(H,23,25)(H,21,22,24). The molecule has 2 rings (SSSR count). The van der Waals surface area contributed by atoms with Crippen molar-refractivity contribution in [3.63, 3.8) is 0 Å². The van der Waals surface area contributed by atoms with E-state index in [4.69, 9.17) is 0 Å². The van der Waals surface area contributed by atoms with E-state index in [9.17, 15) is 4.79 Å². The van der Waals surface area contributed by atoms with Crippen molar-refractivity contribution in [2.24, 2.45) is 0 Å². The van der Waals surface area contributed by atoms with Gasteiger partial charge in [0.25, 0.3) is 5.91 Å². The number of carbonyl (C=O) groups is 1. The number of aromatic nitrogens is 2. The van der Waals surface area contributed by atoms with Crippen LogP contribution in [0.2, 0.25) is 0 Å². The lowest BCUT2D eigenvalue weighted by Gasteiger charge is -2.20. The zero-order valence-electron chi connectivity index (χ0n) is 15.9. The largest absolute Gasteiger partial charge is 0.349 e. The van der Waals surface area contributed by atoms with Gasteiger partial charge in [-0.3, -0.25) is 4.79 Å². The van der Waals surface area contributed by atoms with Gasteiger partial charge >= 0.3 is 0 Å². The number of hydrogen-bond donors (Lipinski definition) is 2. The van der Waals surface area contributed by atoms with Gasteiger partial charge in [0.05, 0.1) is 0 Å². The van der Waals surface area contributed by atoms with Gasteiger partial charge in [-0.1, -0.05) is 45.9 Å². The molecule has 1 aromatic heterocycles. The first-order valence-electron chi connectivity index (χ1n) is 8.82. The summed E-state index contributed by atoms with van der Waals surface area (Å²) in [5, 5.41) is 6.27. The Labute approximate surface area is 150 Å². The van der Waals surface area contributed by atoms with E-state index < -0.39 is 0 Å². The van der Waals surface area contributed by atoms with E-state index in [1.165, 1.54) is 17.5 Å². The molecule has 0 fully saturated rings. The molecule has 1 amide bonds. The second-order valence-corrected chi connectivity index (χ2v) is 7.16. The lowest BCUT2D eigenvalue weighted by atomic mass is 9.92. The highest BCUT2D eigenvalue weighted by Gasteiger charge is 2.15. The molecule has 0 bridgehead atoms. The SMILES string of the molecule is CC(C)NC(=O)c1cc(Nc2c(C(C)C)cccc2C(C)C)ncn1. The lowest BCUT2D eigenvalue weighted by Crippen LogP contribution is -2.30. The first-order valence-corrected chi connectivity index (χ1v) is 8.82. The number of nitrogens with one attached hydrogen (secondary N) is 2. The normalized spacial score (nSPS) is 11.2. The Morgan fingerprint density at radius 2 is 1.56 bits per heavy atom. The Morgan fingerprint density at radius 3 is 2.08 bits per heavy atom. The predicted octanol–water partition coefficient (Wildman–Crippen LogP) is 4.61. The van der Waals surface area contributed by atoms with E-state index in [0.29, 0.717) is 23.3 Å². The van der Waals surface area contributed by atoms with E-state index in [2.05, 4.69) is 66.5 Å². The quantitative estimate of drug-likeness (QED) is 0.806. The van der Waals surface area contributed by atoms with Crippen LogP contribution in [0.1, 0.15) is 75.0 Å². The summed E-state index contributed by atoms with van der Waals surface area (Å²) in [4.78, 5) is 20.6. The number of nitrogens with zero attached hydrogens (tertiary/aromatic N) is 2. The van der Waals surface area contributed by atoms with Gasteiger partial charge in [0, 0.05) is 17.8 Å². The van der Waals surface area contributed by atoms with Crippen LogP contribution < -0.4 is 10.6 Å². The van der Waals surface area contributed by atoms with E-state index in [0.717, 1.165) is 5.69 Å². The Hall–Kier alpha value is -2.43. The molecule has 0 aliphatic rings. The molecular formula is C20H28N4O. The van der Waals surface area contributed by atoms with Crippen LogP contribution in [0.15, 0.2) is 30.6 Å². The van der Waals surface area contributed by atoms with Crippen molar-refractivity contribution < 1.29 is 4.79 Å². The highest BCUT2D eigenvalue weighted by Crippen LogP contribution is 2.34. The van der Waals surface area contributed by atoms with Crippen LogP contribution in [-0.2, 0) is 0 Å². The van der Waals surface area contributed by atoms with Crippen LogP contribution in [-0.4, -0.2) is 21.9 Å². The molecule has 0 saturated heterocycles. The molecule has 1 heterocycles. The summed E-state index contributed by atoms with van der Waals surface area (Å²) in [6.45, 7) is 12.5. The number of rotatable bonds is 6. The molecule has 25 heavy (non-hydrogen) atoms. The second kappa shape index (κ2) is 8.10. The van der Waals surface area contributed by atoms with Crippen LogP contribution in [0.3, 0.4) is 0 Å². The predicted molar refractivity (Wildman–Crippen MR) is 103 cm³/mol. The number of para-hydroxylation sites is 1. The van der Waals surface area contributed by atoms with Crippen LogP contribution in [0.4, 0.5) is 11.5 Å². The fraction of sp³-hybridized carbons (Fsp3) is 0.450. The summed E-state index contributed by atoms with van der Waals surface area (Å²) in [5.74, 6) is 1.19. The summed E-state index contributed by atoms with van der Waals surface area (Å²) in [6.07, 6.45) is 1.42. The molecular weight excluding hydrogens is 312 g/mol. The van der Waals surface area contributed by atoms with Gasteiger partial charge < -0.3 is 10.6 Å². The maximum absolute atomic E-state index is 12.2. The molecule has 0 aliphatic carbocycles. The monoisotopic (exact) mass is 340 g/mol. The third kappa shape index (κ3) is 4.78. The molecule has 5 heteroatoms. The number of carbonyl (C=O) groups excluding carboxylic acids is 1. The molecule has 0 unspecified atom stereocenters. The third-order valence-corrected chi connectivity index (χ3v) is 3.95. The average Bonchev–Trinajstić information content (AvgIpc) is 2.54. The third-order valence-electron chi connectivity index (χ3n) is 3.95. The Balaban J connectivity index is 2.38. The van der Waals surface area contributed by atoms with Gasteiger partial charge in [0.2, 0.25) is 0 Å². The van der Waals surface area contributed by atoms with E-state index in [-0.39, 0.29) is 11.9 Å². The maximum Gasteiger partial charge on any atom is 0.270 e. The van der Waals surface area contributed by atoms with Gasteiger partial charge in [-0.2, -0.15) is 0 Å². The summed E-state index contributed by atoms with van der Waals surface area (Å²) in [7, 11) is 0. The van der Waals surface area contributed by atoms with E-state index in [1.807, 2.05) is 13.8 Å². The van der Waals surface area contributed by atoms with Crippen molar-refractivity contribution in [3.8, 4) is 0 Å². The molecule has 0 radical (unpaired) electrons. The topological polar surface area (TPSA) is 66.9 Å². The first-order chi connectivity index (χ1) is 11.8. The summed E-state index contributed by atoms with van der Waals surface area (Å²) in [6, 6.07) is 8.11. The zero-order valence-corrected chi connectivity index (χ0v) is 15.9. The molecule has 5 nitrogen and oxygen atoms in total. The lowest BCUT2D eigenvalue weighted by molar-refractivity contribution is 0.0938.